The van der Waals surface area contributed by atoms with Crippen LogP contribution in [0.1, 0.15) is 229 Å². The molecule has 0 aliphatic heterocycles. The molecule has 0 fully saturated rings. The lowest BCUT2D eigenvalue weighted by Gasteiger charge is -2.33. The van der Waals surface area contributed by atoms with E-state index in [1.165, 1.54) is 4.57 Å². The molecule has 0 aliphatic carbocycles. The number of benzene rings is 1. The lowest BCUT2D eigenvalue weighted by Crippen LogP contribution is -2.42. The highest BCUT2D eigenvalue weighted by atomic mass is 16.3. The van der Waals surface area contributed by atoms with Crippen LogP contribution in [-0.2, 0) is 6.54 Å². The van der Waals surface area contributed by atoms with Crippen LogP contribution in [0.5, 0.6) is 5.88 Å². The number of carbonyl (C=O) groups is 2. The summed E-state index contributed by atoms with van der Waals surface area (Å²) in [6.07, 6.45) is 20.6. The van der Waals surface area contributed by atoms with Gasteiger partial charge in [-0.05, 0) is 86.8 Å². The molecule has 2 rings (SSSR count). The summed E-state index contributed by atoms with van der Waals surface area (Å²) in [7, 11) is 0. The molecule has 2 aromatic rings. The number of pyridine rings is 1. The van der Waals surface area contributed by atoms with E-state index in [2.05, 4.69) is 90.4 Å². The second-order valence-electron chi connectivity index (χ2n) is 19.1. The first kappa shape index (κ1) is 57.1. The van der Waals surface area contributed by atoms with Gasteiger partial charge in [0.05, 0.1) is 16.8 Å². The summed E-state index contributed by atoms with van der Waals surface area (Å²) >= 11 is 0. The van der Waals surface area contributed by atoms with Gasteiger partial charge in [-0.2, -0.15) is 10.4 Å². The molecular formula is C55H92N6O4. The zero-order valence-electron chi connectivity index (χ0n) is 43.2. The van der Waals surface area contributed by atoms with Crippen LogP contribution in [0.25, 0.3) is 0 Å². The van der Waals surface area contributed by atoms with Crippen LogP contribution < -0.4 is 5.56 Å². The third kappa shape index (κ3) is 18.0. The SMILES string of the molecule is CCCCC(CC)CN(CC(CC)CCCC)C(=O)c1ccc(/N=N/c2c(C)c(C#N)c(=O)n(CC(CC)CCCC)c2O)cc1C(=O)N(CC(CC)CCCC)CC(CC)CCCC. The van der Waals surface area contributed by atoms with Gasteiger partial charge in [-0.3, -0.25) is 19.0 Å². The number of azo groups is 1. The summed E-state index contributed by atoms with van der Waals surface area (Å²) in [5.74, 6) is 0.909. The highest BCUT2D eigenvalue weighted by molar-refractivity contribution is 6.08. The molecule has 1 aromatic heterocycles. The van der Waals surface area contributed by atoms with Crippen molar-refractivity contribution in [3.63, 3.8) is 0 Å². The van der Waals surface area contributed by atoms with E-state index in [0.717, 1.165) is 128 Å². The van der Waals surface area contributed by atoms with Gasteiger partial charge >= 0.3 is 0 Å². The fourth-order valence-electron chi connectivity index (χ4n) is 9.20. The highest BCUT2D eigenvalue weighted by Gasteiger charge is 2.30. The first-order valence-electron chi connectivity index (χ1n) is 26.4. The average Bonchev–Trinajstić information content (AvgIpc) is 3.32. The van der Waals surface area contributed by atoms with Crippen molar-refractivity contribution in [2.75, 3.05) is 26.2 Å². The highest BCUT2D eigenvalue weighted by Crippen LogP contribution is 2.34. The van der Waals surface area contributed by atoms with Gasteiger partial charge in [0.1, 0.15) is 11.6 Å². The second-order valence-corrected chi connectivity index (χ2v) is 19.1. The Morgan fingerprint density at radius 1 is 0.615 bits per heavy atom. The quantitative estimate of drug-likeness (QED) is 0.0699. The molecule has 366 valence electrons. The molecule has 5 atom stereocenters. The zero-order valence-corrected chi connectivity index (χ0v) is 43.2. The normalized spacial score (nSPS) is 13.9. The number of aromatic hydroxyl groups is 1. The molecule has 1 N–H and O–H groups in total. The van der Waals surface area contributed by atoms with Crippen LogP contribution in [0.15, 0.2) is 33.2 Å². The number of rotatable bonds is 34. The van der Waals surface area contributed by atoms with E-state index in [-0.39, 0.29) is 47.0 Å². The first-order valence-corrected chi connectivity index (χ1v) is 26.4. The van der Waals surface area contributed by atoms with Gasteiger partial charge in [-0.1, -0.05) is 166 Å². The fourth-order valence-corrected chi connectivity index (χ4v) is 9.20. The topological polar surface area (TPSA) is 131 Å². The van der Waals surface area contributed by atoms with Gasteiger partial charge in [-0.25, -0.2) is 0 Å². The van der Waals surface area contributed by atoms with E-state index in [1.807, 2.05) is 4.90 Å². The molecule has 10 heteroatoms. The largest absolute Gasteiger partial charge is 0.493 e. The Kier molecular flexibility index (Phi) is 28.0. The Bertz CT molecular complexity index is 1790. The van der Waals surface area contributed by atoms with E-state index in [1.54, 1.807) is 25.1 Å². The molecule has 0 spiro atoms. The minimum atomic E-state index is -0.537. The summed E-state index contributed by atoms with van der Waals surface area (Å²) in [5.41, 5.74) is 0.733. The van der Waals surface area contributed by atoms with Crippen LogP contribution >= 0.6 is 0 Å². The molecule has 0 saturated heterocycles. The zero-order chi connectivity index (χ0) is 48.3. The van der Waals surface area contributed by atoms with E-state index in [4.69, 9.17) is 0 Å². The number of amides is 2. The smallest absolute Gasteiger partial charge is 0.271 e. The molecule has 5 unspecified atom stereocenters. The van der Waals surface area contributed by atoms with Gasteiger partial charge in [-0.15, -0.1) is 5.11 Å². The van der Waals surface area contributed by atoms with Gasteiger partial charge in [0.2, 0.25) is 5.88 Å². The average molecular weight is 901 g/mol. The molecule has 0 bridgehead atoms. The van der Waals surface area contributed by atoms with Crippen molar-refractivity contribution in [1.29, 1.82) is 5.26 Å². The minimum absolute atomic E-state index is 0.0473. The number of hydrogen-bond acceptors (Lipinski definition) is 7. The van der Waals surface area contributed by atoms with Crippen molar-refractivity contribution in [3.8, 4) is 11.9 Å². The Balaban J connectivity index is 2.96. The van der Waals surface area contributed by atoms with Crippen molar-refractivity contribution >= 4 is 23.2 Å². The van der Waals surface area contributed by atoms with Crippen molar-refractivity contribution in [2.24, 2.45) is 39.8 Å². The third-order valence-electron chi connectivity index (χ3n) is 14.1. The lowest BCUT2D eigenvalue weighted by molar-refractivity contribution is 0.0646. The lowest BCUT2D eigenvalue weighted by atomic mass is 9.93. The van der Waals surface area contributed by atoms with Gasteiger partial charge in [0.15, 0.2) is 5.69 Å². The minimum Gasteiger partial charge on any atom is -0.493 e. The number of carbonyl (C=O) groups excluding carboxylic acids is 2. The van der Waals surface area contributed by atoms with Crippen LogP contribution in [0, 0.1) is 47.8 Å². The van der Waals surface area contributed by atoms with Crippen LogP contribution in [0.2, 0.25) is 0 Å². The summed E-state index contributed by atoms with van der Waals surface area (Å²) in [4.78, 5) is 48.4. The number of unbranched alkanes of at least 4 members (excludes halogenated alkanes) is 5. The molecule has 1 aromatic carbocycles. The number of aromatic nitrogens is 1. The molecule has 0 aliphatic rings. The summed E-state index contributed by atoms with van der Waals surface area (Å²) in [5, 5.41) is 30.9. The van der Waals surface area contributed by atoms with Gasteiger partial charge < -0.3 is 14.9 Å². The number of nitrogens with zero attached hydrogens (tertiary/aromatic N) is 6. The standard InChI is InChI=1S/C55H92N6O4/c1-12-22-27-42(17-6)36-59(37-43(18-7)28-23-13-2)52(62)48-33-32-47(34-49(48)53(63)60(38-44(19-8)29-24-14-3)39-45(20-9)30-25-15-4)57-58-51-41(11)50(35-56)54(64)61(55(51)65)40-46(21-10)31-26-16-5/h32-34,42-46,65H,12-31,36-40H2,1-11H3/b58-57+. The van der Waals surface area contributed by atoms with Crippen molar-refractivity contribution in [1.82, 2.24) is 14.4 Å². The van der Waals surface area contributed by atoms with E-state index >= 15 is 9.59 Å². The van der Waals surface area contributed by atoms with Crippen LogP contribution in [0.4, 0.5) is 11.4 Å². The van der Waals surface area contributed by atoms with Crippen molar-refractivity contribution in [3.05, 3.63) is 50.8 Å². The molecule has 10 nitrogen and oxygen atoms in total. The maximum absolute atomic E-state index is 15.5. The summed E-state index contributed by atoms with van der Waals surface area (Å²) in [6.45, 7) is 26.3. The van der Waals surface area contributed by atoms with Crippen LogP contribution in [-0.4, -0.2) is 57.5 Å². The predicted molar refractivity (Wildman–Crippen MR) is 271 cm³/mol. The Morgan fingerprint density at radius 3 is 1.37 bits per heavy atom. The van der Waals surface area contributed by atoms with Crippen LogP contribution in [0.3, 0.4) is 0 Å². The Hall–Kier alpha value is -4.00. The third-order valence-corrected chi connectivity index (χ3v) is 14.1. The predicted octanol–water partition coefficient (Wildman–Crippen LogP) is 15.1. The molecule has 0 radical (unpaired) electrons. The Labute approximate surface area is 396 Å². The monoisotopic (exact) mass is 901 g/mol. The first-order chi connectivity index (χ1) is 31.4. The van der Waals surface area contributed by atoms with Crippen molar-refractivity contribution < 1.29 is 14.7 Å². The number of nitriles is 1. The van der Waals surface area contributed by atoms with E-state index in [0.29, 0.717) is 66.7 Å². The van der Waals surface area contributed by atoms with Crippen molar-refractivity contribution in [2.45, 2.75) is 211 Å². The van der Waals surface area contributed by atoms with Gasteiger partial charge in [0, 0.05) is 38.3 Å². The van der Waals surface area contributed by atoms with Gasteiger partial charge in [0.25, 0.3) is 17.4 Å². The van der Waals surface area contributed by atoms with E-state index in [9.17, 15) is 15.2 Å². The molecular weight excluding hydrogens is 809 g/mol. The molecule has 0 saturated carbocycles. The number of hydrogen-bond donors (Lipinski definition) is 1. The summed E-state index contributed by atoms with van der Waals surface area (Å²) in [6, 6.07) is 7.25. The molecule has 65 heavy (non-hydrogen) atoms. The molecule has 2 amide bonds. The fraction of sp³-hybridized carbons (Fsp3) is 0.745. The maximum atomic E-state index is 15.5. The van der Waals surface area contributed by atoms with E-state index < -0.39 is 5.56 Å². The molecule has 1 heterocycles. The second kappa shape index (κ2) is 31.8. The maximum Gasteiger partial charge on any atom is 0.271 e. The summed E-state index contributed by atoms with van der Waals surface area (Å²) < 4.78 is 1.27. The Morgan fingerprint density at radius 2 is 1.00 bits per heavy atom.